The van der Waals surface area contributed by atoms with Gasteiger partial charge in [-0.25, -0.2) is 14.2 Å². The van der Waals surface area contributed by atoms with Gasteiger partial charge >= 0.3 is 5.97 Å². The second-order valence-corrected chi connectivity index (χ2v) is 8.66. The van der Waals surface area contributed by atoms with Gasteiger partial charge in [-0.2, -0.15) is 0 Å². The molecule has 5 rings (SSSR count). The Balaban J connectivity index is 1.78. The molecule has 0 atom stereocenters. The highest BCUT2D eigenvalue weighted by Gasteiger charge is 2.26. The number of carbonyl (C=O) groups is 1. The number of ether oxygens (including phenoxy) is 2. The minimum atomic E-state index is -1.11. The van der Waals surface area contributed by atoms with Crippen LogP contribution in [0.1, 0.15) is 40.4 Å². The molecular weight excluding hydrogens is 449 g/mol. The maximum absolute atomic E-state index is 14.1. The first-order chi connectivity index (χ1) is 16.9. The molecule has 1 fully saturated rings. The molecule has 4 aromatic rings. The van der Waals surface area contributed by atoms with Crippen molar-refractivity contribution in [2.75, 3.05) is 13.2 Å². The van der Waals surface area contributed by atoms with E-state index in [0.717, 1.165) is 35.0 Å². The summed E-state index contributed by atoms with van der Waals surface area (Å²) in [7, 11) is 0. The highest BCUT2D eigenvalue weighted by molar-refractivity contribution is 6.01. The summed E-state index contributed by atoms with van der Waals surface area (Å²) in [6.45, 7) is 2.91. The van der Waals surface area contributed by atoms with Crippen molar-refractivity contribution in [3.63, 3.8) is 0 Å². The molecule has 0 unspecified atom stereocenters. The Labute approximate surface area is 201 Å². The van der Waals surface area contributed by atoms with Crippen molar-refractivity contribution in [2.45, 2.75) is 25.7 Å². The third kappa shape index (κ3) is 4.42. The number of aromatic nitrogens is 1. The van der Waals surface area contributed by atoms with Crippen LogP contribution in [0.3, 0.4) is 0 Å². The molecule has 1 aromatic heterocycles. The largest absolute Gasteiger partial charge is 0.508 e. The Hall–Kier alpha value is -3.97. The zero-order valence-corrected chi connectivity index (χ0v) is 19.1. The quantitative estimate of drug-likeness (QED) is 0.347. The SMILES string of the molecule is Cc1cc(-c2c(C3CCOCC3)nc(Oc3ccccc3C(=O)O)c3cc(O)ccc23)ccc1F. The van der Waals surface area contributed by atoms with E-state index in [1.54, 1.807) is 55.5 Å². The molecule has 1 aliphatic heterocycles. The first-order valence-electron chi connectivity index (χ1n) is 11.4. The lowest BCUT2D eigenvalue weighted by Gasteiger charge is -2.26. The van der Waals surface area contributed by atoms with E-state index in [0.29, 0.717) is 24.2 Å². The number of phenols is 1. The highest BCUT2D eigenvalue weighted by atomic mass is 19.1. The van der Waals surface area contributed by atoms with Gasteiger partial charge in [0.25, 0.3) is 0 Å². The number of hydrogen-bond donors (Lipinski definition) is 2. The van der Waals surface area contributed by atoms with E-state index in [9.17, 15) is 19.4 Å². The number of carboxylic acids is 1. The maximum atomic E-state index is 14.1. The number of fused-ring (bicyclic) bond motifs is 1. The van der Waals surface area contributed by atoms with Gasteiger partial charge in [0.15, 0.2) is 0 Å². The van der Waals surface area contributed by atoms with Gasteiger partial charge in [-0.3, -0.25) is 0 Å². The number of aromatic carboxylic acids is 1. The van der Waals surface area contributed by atoms with Crippen LogP contribution in [0, 0.1) is 12.7 Å². The Morgan fingerprint density at radius 3 is 2.57 bits per heavy atom. The van der Waals surface area contributed by atoms with Crippen molar-refractivity contribution in [1.82, 2.24) is 4.98 Å². The minimum absolute atomic E-state index is 0.00783. The van der Waals surface area contributed by atoms with E-state index < -0.39 is 5.97 Å². The van der Waals surface area contributed by atoms with Crippen molar-refractivity contribution in [2.24, 2.45) is 0 Å². The number of hydrogen-bond acceptors (Lipinski definition) is 5. The molecule has 0 saturated carbocycles. The number of aryl methyl sites for hydroxylation is 1. The zero-order chi connectivity index (χ0) is 24.5. The summed E-state index contributed by atoms with van der Waals surface area (Å²) in [4.78, 5) is 16.7. The minimum Gasteiger partial charge on any atom is -0.508 e. The molecular formula is C28H24FNO5. The Kier molecular flexibility index (Phi) is 6.09. The number of rotatable bonds is 5. The van der Waals surface area contributed by atoms with Crippen LogP contribution in [0.4, 0.5) is 4.39 Å². The van der Waals surface area contributed by atoms with Crippen LogP contribution in [-0.4, -0.2) is 34.4 Å². The van der Waals surface area contributed by atoms with Gasteiger partial charge in [-0.15, -0.1) is 0 Å². The first kappa shape index (κ1) is 22.8. The number of aromatic hydroxyl groups is 1. The molecule has 1 saturated heterocycles. The average molecular weight is 474 g/mol. The topological polar surface area (TPSA) is 88.9 Å². The number of carboxylic acid groups (broad SMARTS) is 1. The summed E-state index contributed by atoms with van der Waals surface area (Å²) in [5.74, 6) is -0.957. The molecule has 0 spiro atoms. The van der Waals surface area contributed by atoms with Crippen molar-refractivity contribution >= 4 is 16.7 Å². The van der Waals surface area contributed by atoms with E-state index in [4.69, 9.17) is 14.5 Å². The number of phenolic OH excluding ortho intramolecular Hbond substituents is 1. The fraction of sp³-hybridized carbons (Fsp3) is 0.214. The van der Waals surface area contributed by atoms with E-state index in [2.05, 4.69) is 0 Å². The Morgan fingerprint density at radius 1 is 1.06 bits per heavy atom. The molecule has 0 bridgehead atoms. The molecule has 0 aliphatic carbocycles. The Bertz CT molecular complexity index is 1430. The summed E-state index contributed by atoms with van der Waals surface area (Å²) in [6.07, 6.45) is 1.52. The fourth-order valence-electron chi connectivity index (χ4n) is 4.57. The van der Waals surface area contributed by atoms with Crippen molar-refractivity contribution in [3.8, 4) is 28.5 Å². The predicted molar refractivity (Wildman–Crippen MR) is 130 cm³/mol. The van der Waals surface area contributed by atoms with Crippen LogP contribution in [0.15, 0.2) is 60.7 Å². The number of benzene rings is 3. The lowest BCUT2D eigenvalue weighted by Crippen LogP contribution is -2.16. The van der Waals surface area contributed by atoms with E-state index in [-0.39, 0.29) is 34.7 Å². The molecule has 2 heterocycles. The summed E-state index contributed by atoms with van der Waals surface area (Å²) in [5, 5.41) is 21.2. The maximum Gasteiger partial charge on any atom is 0.339 e. The highest BCUT2D eigenvalue weighted by Crippen LogP contribution is 2.43. The van der Waals surface area contributed by atoms with Gasteiger partial charge in [-0.05, 0) is 78.7 Å². The molecule has 2 N–H and O–H groups in total. The molecule has 3 aromatic carbocycles. The van der Waals surface area contributed by atoms with Gasteiger partial charge in [0.05, 0.1) is 5.69 Å². The van der Waals surface area contributed by atoms with Gasteiger partial charge in [-0.1, -0.05) is 18.2 Å². The van der Waals surface area contributed by atoms with Crippen LogP contribution in [0.5, 0.6) is 17.4 Å². The molecule has 0 radical (unpaired) electrons. The van der Waals surface area contributed by atoms with E-state index >= 15 is 0 Å². The monoisotopic (exact) mass is 473 g/mol. The fourth-order valence-corrected chi connectivity index (χ4v) is 4.57. The number of para-hydroxylation sites is 1. The van der Waals surface area contributed by atoms with E-state index in [1.807, 2.05) is 0 Å². The molecule has 0 amide bonds. The van der Waals surface area contributed by atoms with Crippen molar-refractivity contribution in [1.29, 1.82) is 0 Å². The lowest BCUT2D eigenvalue weighted by molar-refractivity contribution is 0.0694. The van der Waals surface area contributed by atoms with Crippen LogP contribution in [-0.2, 0) is 4.74 Å². The third-order valence-electron chi connectivity index (χ3n) is 6.36. The summed E-state index contributed by atoms with van der Waals surface area (Å²) in [6, 6.07) is 16.3. The molecule has 7 heteroatoms. The molecule has 35 heavy (non-hydrogen) atoms. The van der Waals surface area contributed by atoms with Crippen molar-refractivity contribution in [3.05, 3.63) is 83.3 Å². The van der Waals surface area contributed by atoms with Gasteiger partial charge in [0.1, 0.15) is 22.9 Å². The van der Waals surface area contributed by atoms with Crippen molar-refractivity contribution < 1.29 is 28.9 Å². The first-order valence-corrected chi connectivity index (χ1v) is 11.4. The number of halogens is 1. The summed E-state index contributed by atoms with van der Waals surface area (Å²) in [5.41, 5.74) is 2.96. The molecule has 178 valence electrons. The van der Waals surface area contributed by atoms with Gasteiger partial charge < -0.3 is 19.7 Å². The smallest absolute Gasteiger partial charge is 0.339 e. The van der Waals surface area contributed by atoms with Crippen LogP contribution >= 0.6 is 0 Å². The Morgan fingerprint density at radius 2 is 1.83 bits per heavy atom. The number of pyridine rings is 1. The normalized spacial score (nSPS) is 14.2. The third-order valence-corrected chi connectivity index (χ3v) is 6.36. The summed E-state index contributed by atoms with van der Waals surface area (Å²) < 4.78 is 25.8. The van der Waals surface area contributed by atoms with Crippen LogP contribution in [0.2, 0.25) is 0 Å². The average Bonchev–Trinajstić information content (AvgIpc) is 2.86. The second kappa shape index (κ2) is 9.35. The van der Waals surface area contributed by atoms with Gasteiger partial charge in [0.2, 0.25) is 5.88 Å². The van der Waals surface area contributed by atoms with Gasteiger partial charge in [0, 0.05) is 30.1 Å². The van der Waals surface area contributed by atoms with E-state index in [1.165, 1.54) is 12.1 Å². The standard InChI is InChI=1S/C28H24FNO5/c1-16-14-18(6-9-23(16)29)25-20-8-7-19(31)15-22(20)27(30-26(25)17-10-12-34-13-11-17)35-24-5-3-2-4-21(24)28(32)33/h2-9,14-15,17,31H,10-13H2,1H3,(H,32,33). The molecule has 6 nitrogen and oxygen atoms in total. The lowest BCUT2D eigenvalue weighted by atomic mass is 9.87. The zero-order valence-electron chi connectivity index (χ0n) is 19.1. The van der Waals surface area contributed by atoms with Crippen LogP contribution < -0.4 is 4.74 Å². The van der Waals surface area contributed by atoms with Crippen LogP contribution in [0.25, 0.3) is 21.9 Å². The number of nitrogens with zero attached hydrogens (tertiary/aromatic N) is 1. The molecule has 1 aliphatic rings. The second-order valence-electron chi connectivity index (χ2n) is 8.66. The predicted octanol–water partition coefficient (Wildman–Crippen LogP) is 6.44. The summed E-state index contributed by atoms with van der Waals surface area (Å²) >= 11 is 0.